The summed E-state index contributed by atoms with van der Waals surface area (Å²) in [5.74, 6) is -0.120. The number of aromatic nitrogens is 1. The van der Waals surface area contributed by atoms with Crippen LogP contribution in [0.3, 0.4) is 0 Å². The molecule has 0 unspecified atom stereocenters. The van der Waals surface area contributed by atoms with Gasteiger partial charge in [-0.1, -0.05) is 11.6 Å². The fourth-order valence-electron chi connectivity index (χ4n) is 1.85. The number of rotatable bonds is 4. The molecule has 0 atom stereocenters. The highest BCUT2D eigenvalue weighted by molar-refractivity contribution is 6.33. The second-order valence-corrected chi connectivity index (χ2v) is 4.85. The Balaban J connectivity index is 2.19. The van der Waals surface area contributed by atoms with Gasteiger partial charge in [-0.05, 0) is 25.8 Å². The molecular formula is C13H14ClN3O. The average Bonchev–Trinajstić information content (AvgIpc) is 3.13. The normalized spacial score (nSPS) is 14.1. The summed E-state index contributed by atoms with van der Waals surface area (Å²) in [5, 5.41) is 9.06. The quantitative estimate of drug-likeness (QED) is 0.839. The summed E-state index contributed by atoms with van der Waals surface area (Å²) in [5.41, 5.74) is 1.21. The molecule has 94 valence electrons. The maximum absolute atomic E-state index is 12.4. The summed E-state index contributed by atoms with van der Waals surface area (Å²) < 4.78 is 0. The molecular weight excluding hydrogens is 250 g/mol. The van der Waals surface area contributed by atoms with Gasteiger partial charge in [0.15, 0.2) is 0 Å². The first-order chi connectivity index (χ1) is 8.63. The lowest BCUT2D eigenvalue weighted by Crippen LogP contribution is -2.34. The molecule has 5 heteroatoms. The first kappa shape index (κ1) is 12.8. The fraction of sp³-hybridized carbons (Fsp3) is 0.462. The molecule has 1 aliphatic rings. The molecule has 0 N–H and O–H groups in total. The van der Waals surface area contributed by atoms with Gasteiger partial charge in [0.2, 0.25) is 0 Å². The minimum Gasteiger partial charge on any atom is -0.335 e. The van der Waals surface area contributed by atoms with Crippen molar-refractivity contribution < 1.29 is 4.79 Å². The van der Waals surface area contributed by atoms with Gasteiger partial charge in [0.05, 0.1) is 23.1 Å². The molecule has 0 bridgehead atoms. The first-order valence-electron chi connectivity index (χ1n) is 5.93. The predicted octanol–water partition coefficient (Wildman–Crippen LogP) is 2.56. The zero-order chi connectivity index (χ0) is 13.1. The third-order valence-corrected chi connectivity index (χ3v) is 3.25. The Hall–Kier alpha value is -1.60. The summed E-state index contributed by atoms with van der Waals surface area (Å²) in [6.45, 7) is 2.29. The molecule has 0 spiro atoms. The van der Waals surface area contributed by atoms with E-state index in [-0.39, 0.29) is 11.9 Å². The monoisotopic (exact) mass is 263 g/mol. The SMILES string of the molecule is Cc1cc(Cl)c(C(=O)N(CCC#N)C2CC2)cn1. The highest BCUT2D eigenvalue weighted by atomic mass is 35.5. The van der Waals surface area contributed by atoms with E-state index in [4.69, 9.17) is 16.9 Å². The molecule has 0 radical (unpaired) electrons. The molecule has 1 amide bonds. The molecule has 0 aliphatic heterocycles. The van der Waals surface area contributed by atoms with E-state index in [1.54, 1.807) is 11.0 Å². The van der Waals surface area contributed by atoms with Gasteiger partial charge in [0, 0.05) is 24.5 Å². The van der Waals surface area contributed by atoms with E-state index in [2.05, 4.69) is 11.1 Å². The lowest BCUT2D eigenvalue weighted by molar-refractivity contribution is 0.0746. The van der Waals surface area contributed by atoms with Crippen LogP contribution < -0.4 is 0 Å². The van der Waals surface area contributed by atoms with Crippen molar-refractivity contribution in [3.8, 4) is 6.07 Å². The number of carbonyl (C=O) groups is 1. The Labute approximate surface area is 111 Å². The lowest BCUT2D eigenvalue weighted by atomic mass is 10.2. The van der Waals surface area contributed by atoms with Crippen molar-refractivity contribution in [3.63, 3.8) is 0 Å². The van der Waals surface area contributed by atoms with E-state index < -0.39 is 0 Å². The Morgan fingerprint density at radius 3 is 2.94 bits per heavy atom. The second-order valence-electron chi connectivity index (χ2n) is 4.44. The van der Waals surface area contributed by atoms with Crippen LogP contribution >= 0.6 is 11.6 Å². The average molecular weight is 264 g/mol. The van der Waals surface area contributed by atoms with Crippen molar-refractivity contribution in [2.45, 2.75) is 32.2 Å². The molecule has 2 rings (SSSR count). The van der Waals surface area contributed by atoms with Crippen LogP contribution in [0.2, 0.25) is 5.02 Å². The van der Waals surface area contributed by atoms with Crippen molar-refractivity contribution in [1.82, 2.24) is 9.88 Å². The molecule has 0 aromatic carbocycles. The smallest absolute Gasteiger partial charge is 0.257 e. The van der Waals surface area contributed by atoms with Crippen LogP contribution in [-0.2, 0) is 0 Å². The van der Waals surface area contributed by atoms with Crippen molar-refractivity contribution in [3.05, 3.63) is 28.5 Å². The van der Waals surface area contributed by atoms with Gasteiger partial charge in [-0.15, -0.1) is 0 Å². The van der Waals surface area contributed by atoms with Crippen molar-refractivity contribution >= 4 is 17.5 Å². The topological polar surface area (TPSA) is 57.0 Å². The molecule has 4 nitrogen and oxygen atoms in total. The number of hydrogen-bond donors (Lipinski definition) is 0. The summed E-state index contributed by atoms with van der Waals surface area (Å²) in [4.78, 5) is 18.2. The van der Waals surface area contributed by atoms with Crippen molar-refractivity contribution in [2.24, 2.45) is 0 Å². The van der Waals surface area contributed by atoms with E-state index in [0.717, 1.165) is 18.5 Å². The van der Waals surface area contributed by atoms with Gasteiger partial charge in [-0.2, -0.15) is 5.26 Å². The number of nitrogens with zero attached hydrogens (tertiary/aromatic N) is 3. The molecule has 1 saturated carbocycles. The molecule has 1 fully saturated rings. The van der Waals surface area contributed by atoms with Gasteiger partial charge in [0.1, 0.15) is 0 Å². The van der Waals surface area contributed by atoms with Gasteiger partial charge in [-0.25, -0.2) is 0 Å². The summed E-state index contributed by atoms with van der Waals surface area (Å²) >= 11 is 6.08. The Kier molecular flexibility index (Phi) is 3.83. The molecule has 1 aliphatic carbocycles. The van der Waals surface area contributed by atoms with E-state index in [0.29, 0.717) is 23.6 Å². The summed E-state index contributed by atoms with van der Waals surface area (Å²) in [6.07, 6.45) is 3.88. The van der Waals surface area contributed by atoms with Crippen LogP contribution in [0, 0.1) is 18.3 Å². The second kappa shape index (κ2) is 5.36. The van der Waals surface area contributed by atoms with Gasteiger partial charge in [0.25, 0.3) is 5.91 Å². The highest BCUT2D eigenvalue weighted by Crippen LogP contribution is 2.29. The summed E-state index contributed by atoms with van der Waals surface area (Å²) in [7, 11) is 0. The molecule has 18 heavy (non-hydrogen) atoms. The maximum Gasteiger partial charge on any atom is 0.257 e. The number of carbonyl (C=O) groups excluding carboxylic acids is 1. The number of nitriles is 1. The number of aryl methyl sites for hydroxylation is 1. The third kappa shape index (κ3) is 2.80. The molecule has 1 aromatic heterocycles. The van der Waals surface area contributed by atoms with E-state index in [1.807, 2.05) is 6.92 Å². The van der Waals surface area contributed by atoms with Crippen molar-refractivity contribution in [1.29, 1.82) is 5.26 Å². The minimum absolute atomic E-state index is 0.120. The van der Waals surface area contributed by atoms with Crippen molar-refractivity contribution in [2.75, 3.05) is 6.54 Å². The van der Waals surface area contributed by atoms with Crippen LogP contribution in [0.15, 0.2) is 12.3 Å². The largest absolute Gasteiger partial charge is 0.335 e. The number of amides is 1. The van der Waals surface area contributed by atoms with E-state index in [1.165, 1.54) is 6.20 Å². The maximum atomic E-state index is 12.4. The predicted molar refractivity (Wildman–Crippen MR) is 68.3 cm³/mol. The Bertz CT molecular complexity index is 505. The number of halogens is 1. The van der Waals surface area contributed by atoms with Crippen LogP contribution in [0.4, 0.5) is 0 Å². The van der Waals surface area contributed by atoms with Crippen LogP contribution in [-0.4, -0.2) is 28.4 Å². The van der Waals surface area contributed by atoms with Crippen LogP contribution in [0.5, 0.6) is 0 Å². The van der Waals surface area contributed by atoms with Gasteiger partial charge >= 0.3 is 0 Å². The lowest BCUT2D eigenvalue weighted by Gasteiger charge is -2.21. The zero-order valence-corrected chi connectivity index (χ0v) is 10.9. The van der Waals surface area contributed by atoms with Crippen LogP contribution in [0.1, 0.15) is 35.3 Å². The highest BCUT2D eigenvalue weighted by Gasteiger charge is 2.33. The molecule has 1 heterocycles. The minimum atomic E-state index is -0.120. The van der Waals surface area contributed by atoms with Gasteiger partial charge in [-0.3, -0.25) is 9.78 Å². The molecule has 1 aromatic rings. The summed E-state index contributed by atoms with van der Waals surface area (Å²) in [6, 6.07) is 4.02. The van der Waals surface area contributed by atoms with E-state index in [9.17, 15) is 4.79 Å². The zero-order valence-electron chi connectivity index (χ0n) is 10.2. The van der Waals surface area contributed by atoms with Crippen LogP contribution in [0.25, 0.3) is 0 Å². The Morgan fingerprint density at radius 1 is 1.67 bits per heavy atom. The number of hydrogen-bond acceptors (Lipinski definition) is 3. The third-order valence-electron chi connectivity index (χ3n) is 2.93. The van der Waals surface area contributed by atoms with E-state index >= 15 is 0 Å². The Morgan fingerprint density at radius 2 is 2.39 bits per heavy atom. The molecule has 0 saturated heterocycles. The number of pyridine rings is 1. The standard InChI is InChI=1S/C13H14ClN3O/c1-9-7-12(14)11(8-16-9)13(18)17(6-2-5-15)10-3-4-10/h7-8,10H,2-4,6H2,1H3. The first-order valence-corrected chi connectivity index (χ1v) is 6.31. The van der Waals surface area contributed by atoms with Gasteiger partial charge < -0.3 is 4.90 Å². The fourth-order valence-corrected chi connectivity index (χ4v) is 2.13.